The number of rotatable bonds is 2. The molecule has 0 saturated carbocycles. The lowest BCUT2D eigenvalue weighted by atomic mass is 10.0. The van der Waals surface area contributed by atoms with Gasteiger partial charge in [-0.1, -0.05) is 18.0 Å². The van der Waals surface area contributed by atoms with Crippen LogP contribution in [0.25, 0.3) is 0 Å². The van der Waals surface area contributed by atoms with E-state index in [0.717, 1.165) is 31.5 Å². The van der Waals surface area contributed by atoms with Crippen LogP contribution in [0.5, 0.6) is 0 Å². The summed E-state index contributed by atoms with van der Waals surface area (Å²) in [6.07, 6.45) is -1.92. The summed E-state index contributed by atoms with van der Waals surface area (Å²) >= 11 is 5.52. The Bertz CT molecular complexity index is 499. The second-order valence-corrected chi connectivity index (χ2v) is 5.09. The molecule has 0 aromatic heterocycles. The van der Waals surface area contributed by atoms with Gasteiger partial charge in [-0.2, -0.15) is 13.2 Å². The number of anilines is 1. The van der Waals surface area contributed by atoms with Crippen molar-refractivity contribution < 1.29 is 18.0 Å². The molecule has 3 nitrogen and oxygen atoms in total. The van der Waals surface area contributed by atoms with Gasteiger partial charge in [0.05, 0.1) is 16.6 Å². The zero-order valence-corrected chi connectivity index (χ0v) is 11.3. The van der Waals surface area contributed by atoms with Crippen LogP contribution < -0.4 is 10.6 Å². The van der Waals surface area contributed by atoms with E-state index in [1.807, 2.05) is 0 Å². The van der Waals surface area contributed by atoms with Gasteiger partial charge in [0.25, 0.3) is 0 Å². The molecular weight excluding hydrogens is 293 g/mol. The van der Waals surface area contributed by atoms with Gasteiger partial charge >= 0.3 is 6.18 Å². The van der Waals surface area contributed by atoms with Gasteiger partial charge < -0.3 is 10.6 Å². The molecule has 1 fully saturated rings. The molecule has 1 aliphatic rings. The van der Waals surface area contributed by atoms with Crippen molar-refractivity contribution in [1.29, 1.82) is 0 Å². The molecule has 0 unspecified atom stereocenters. The fourth-order valence-corrected chi connectivity index (χ4v) is 2.35. The normalized spacial score (nSPS) is 19.7. The first-order valence-electron chi connectivity index (χ1n) is 6.29. The number of carbonyl (C=O) groups excluding carboxylic acids is 1. The largest absolute Gasteiger partial charge is 0.417 e. The van der Waals surface area contributed by atoms with Gasteiger partial charge in [-0.3, -0.25) is 4.79 Å². The van der Waals surface area contributed by atoms with Crippen LogP contribution in [0.1, 0.15) is 24.8 Å². The predicted octanol–water partition coefficient (Wildman–Crippen LogP) is 3.44. The third-order valence-electron chi connectivity index (χ3n) is 3.17. The number of alkyl halides is 3. The molecule has 2 rings (SSSR count). The van der Waals surface area contributed by atoms with E-state index in [9.17, 15) is 18.0 Å². The van der Waals surface area contributed by atoms with Crippen LogP contribution in [0.15, 0.2) is 18.2 Å². The molecule has 1 saturated heterocycles. The highest BCUT2D eigenvalue weighted by atomic mass is 35.5. The lowest BCUT2D eigenvalue weighted by Gasteiger charge is -2.22. The maximum Gasteiger partial charge on any atom is 0.417 e. The van der Waals surface area contributed by atoms with Crippen molar-refractivity contribution in [3.63, 3.8) is 0 Å². The van der Waals surface area contributed by atoms with Crippen molar-refractivity contribution in [2.45, 2.75) is 31.5 Å². The molecule has 1 amide bonds. The van der Waals surface area contributed by atoms with Gasteiger partial charge in [0.15, 0.2) is 0 Å². The van der Waals surface area contributed by atoms with E-state index >= 15 is 0 Å². The van der Waals surface area contributed by atoms with Gasteiger partial charge in [0, 0.05) is 5.69 Å². The van der Waals surface area contributed by atoms with Crippen LogP contribution in [0, 0.1) is 0 Å². The summed E-state index contributed by atoms with van der Waals surface area (Å²) in [4.78, 5) is 11.9. The van der Waals surface area contributed by atoms with E-state index < -0.39 is 11.7 Å². The fourth-order valence-electron chi connectivity index (χ4n) is 2.13. The van der Waals surface area contributed by atoms with E-state index in [1.165, 1.54) is 6.07 Å². The Morgan fingerprint density at radius 2 is 2.10 bits per heavy atom. The molecule has 2 N–H and O–H groups in total. The minimum absolute atomic E-state index is 0.0964. The molecule has 0 spiro atoms. The lowest BCUT2D eigenvalue weighted by Crippen LogP contribution is -2.43. The van der Waals surface area contributed by atoms with E-state index in [4.69, 9.17) is 11.6 Å². The first kappa shape index (κ1) is 15.1. The summed E-state index contributed by atoms with van der Waals surface area (Å²) in [5.74, 6) is -0.319. The van der Waals surface area contributed by atoms with Crippen molar-refractivity contribution in [1.82, 2.24) is 5.32 Å². The number of hydrogen-bond acceptors (Lipinski definition) is 2. The standard InChI is InChI=1S/C13H14ClF3N2O/c14-10-5-4-8(7-9(10)13(15,16)17)19-12(20)11-3-1-2-6-18-11/h4-5,7,11,18H,1-3,6H2,(H,19,20)/t11-/m0/s1. The molecule has 1 aromatic rings. The third kappa shape index (κ3) is 3.64. The zero-order chi connectivity index (χ0) is 14.8. The summed E-state index contributed by atoms with van der Waals surface area (Å²) in [6, 6.07) is 2.99. The van der Waals surface area contributed by atoms with Crippen molar-refractivity contribution >= 4 is 23.2 Å². The summed E-state index contributed by atoms with van der Waals surface area (Å²) in [5.41, 5.74) is -0.854. The monoisotopic (exact) mass is 306 g/mol. The second kappa shape index (κ2) is 6.01. The number of nitrogens with one attached hydrogen (secondary N) is 2. The van der Waals surface area contributed by atoms with Gasteiger partial charge in [-0.25, -0.2) is 0 Å². The van der Waals surface area contributed by atoms with Crippen LogP contribution in [-0.4, -0.2) is 18.5 Å². The highest BCUT2D eigenvalue weighted by Gasteiger charge is 2.33. The number of piperidine rings is 1. The lowest BCUT2D eigenvalue weighted by molar-refractivity contribution is -0.137. The Hall–Kier alpha value is -1.27. The SMILES string of the molecule is O=C(Nc1ccc(Cl)c(C(F)(F)F)c1)[C@@H]1CCCCN1. The molecule has 1 aromatic carbocycles. The van der Waals surface area contributed by atoms with E-state index in [-0.39, 0.29) is 22.7 Å². The highest BCUT2D eigenvalue weighted by molar-refractivity contribution is 6.31. The quantitative estimate of drug-likeness (QED) is 0.879. The van der Waals surface area contributed by atoms with Crippen LogP contribution in [0.2, 0.25) is 5.02 Å². The Morgan fingerprint density at radius 3 is 2.70 bits per heavy atom. The average molecular weight is 307 g/mol. The molecule has 1 aliphatic heterocycles. The summed E-state index contributed by atoms with van der Waals surface area (Å²) in [7, 11) is 0. The van der Waals surface area contributed by atoms with Crippen LogP contribution in [0.4, 0.5) is 18.9 Å². The Morgan fingerprint density at radius 1 is 1.35 bits per heavy atom. The maximum absolute atomic E-state index is 12.7. The zero-order valence-electron chi connectivity index (χ0n) is 10.6. The fraction of sp³-hybridized carbons (Fsp3) is 0.462. The molecule has 0 bridgehead atoms. The van der Waals surface area contributed by atoms with E-state index in [1.54, 1.807) is 0 Å². The molecular formula is C13H14ClF3N2O. The number of carbonyl (C=O) groups is 1. The van der Waals surface area contributed by atoms with Crippen LogP contribution in [0.3, 0.4) is 0 Å². The second-order valence-electron chi connectivity index (χ2n) is 4.68. The topological polar surface area (TPSA) is 41.1 Å². The molecule has 1 atom stereocenters. The minimum atomic E-state index is -4.54. The average Bonchev–Trinajstić information content (AvgIpc) is 2.40. The maximum atomic E-state index is 12.7. The minimum Gasteiger partial charge on any atom is -0.325 e. The molecule has 20 heavy (non-hydrogen) atoms. The Kier molecular flexibility index (Phi) is 4.55. The number of benzene rings is 1. The first-order valence-corrected chi connectivity index (χ1v) is 6.67. The summed E-state index contributed by atoms with van der Waals surface area (Å²) in [6.45, 7) is 0.743. The number of halogens is 4. The van der Waals surface area contributed by atoms with Gasteiger partial charge in [0.2, 0.25) is 5.91 Å². The molecule has 110 valence electrons. The van der Waals surface area contributed by atoms with E-state index in [0.29, 0.717) is 6.42 Å². The molecule has 0 radical (unpaired) electrons. The van der Waals surface area contributed by atoms with Crippen molar-refractivity contribution in [3.8, 4) is 0 Å². The molecule has 7 heteroatoms. The van der Waals surface area contributed by atoms with Crippen LogP contribution >= 0.6 is 11.6 Å². The van der Waals surface area contributed by atoms with Gasteiger partial charge in [-0.15, -0.1) is 0 Å². The predicted molar refractivity (Wildman–Crippen MR) is 70.7 cm³/mol. The van der Waals surface area contributed by atoms with Gasteiger partial charge in [-0.05, 0) is 37.6 Å². The van der Waals surface area contributed by atoms with Crippen molar-refractivity contribution in [2.24, 2.45) is 0 Å². The van der Waals surface area contributed by atoms with E-state index in [2.05, 4.69) is 10.6 Å². The third-order valence-corrected chi connectivity index (χ3v) is 3.50. The summed E-state index contributed by atoms with van der Waals surface area (Å²) < 4.78 is 38.1. The van der Waals surface area contributed by atoms with Crippen molar-refractivity contribution in [2.75, 3.05) is 11.9 Å². The molecule has 1 heterocycles. The highest BCUT2D eigenvalue weighted by Crippen LogP contribution is 2.36. The number of amides is 1. The Labute approximate surface area is 119 Å². The Balaban J connectivity index is 2.11. The number of hydrogen-bond donors (Lipinski definition) is 2. The summed E-state index contributed by atoms with van der Waals surface area (Å²) in [5, 5.41) is 5.14. The van der Waals surface area contributed by atoms with Gasteiger partial charge in [0.1, 0.15) is 0 Å². The van der Waals surface area contributed by atoms with Crippen LogP contribution in [-0.2, 0) is 11.0 Å². The first-order chi connectivity index (χ1) is 9.38. The van der Waals surface area contributed by atoms with Crippen molar-refractivity contribution in [3.05, 3.63) is 28.8 Å². The smallest absolute Gasteiger partial charge is 0.325 e. The molecule has 0 aliphatic carbocycles.